The van der Waals surface area contributed by atoms with Crippen molar-refractivity contribution in [2.75, 3.05) is 26.7 Å². The van der Waals surface area contributed by atoms with Gasteiger partial charge in [-0.3, -0.25) is 4.90 Å². The molecule has 0 spiro atoms. The Morgan fingerprint density at radius 2 is 2.05 bits per heavy atom. The SMILES string of the molecule is CCCNC1C(N(C)CCOC(C)C)CCCC1(C)C. The van der Waals surface area contributed by atoms with Crippen LogP contribution < -0.4 is 5.32 Å². The van der Waals surface area contributed by atoms with Gasteiger partial charge in [0, 0.05) is 18.6 Å². The third-order valence-electron chi connectivity index (χ3n) is 4.62. The number of ether oxygens (including phenoxy) is 1. The van der Waals surface area contributed by atoms with Crippen LogP contribution in [0.4, 0.5) is 0 Å². The molecule has 0 aromatic carbocycles. The summed E-state index contributed by atoms with van der Waals surface area (Å²) in [5.41, 5.74) is 0.394. The van der Waals surface area contributed by atoms with Crippen molar-refractivity contribution in [1.82, 2.24) is 10.2 Å². The fourth-order valence-electron chi connectivity index (χ4n) is 3.40. The number of nitrogens with zero attached hydrogens (tertiary/aromatic N) is 1. The van der Waals surface area contributed by atoms with E-state index in [2.05, 4.69) is 51.9 Å². The fourth-order valence-corrected chi connectivity index (χ4v) is 3.40. The van der Waals surface area contributed by atoms with Gasteiger partial charge in [-0.05, 0) is 52.1 Å². The third kappa shape index (κ3) is 5.34. The summed E-state index contributed by atoms with van der Waals surface area (Å²) in [4.78, 5) is 2.51. The molecule has 120 valence electrons. The molecule has 20 heavy (non-hydrogen) atoms. The Morgan fingerprint density at radius 1 is 1.35 bits per heavy atom. The van der Waals surface area contributed by atoms with Crippen molar-refractivity contribution in [2.24, 2.45) is 5.41 Å². The molecular formula is C17H36N2O. The van der Waals surface area contributed by atoms with Gasteiger partial charge in [0.2, 0.25) is 0 Å². The number of hydrogen-bond donors (Lipinski definition) is 1. The van der Waals surface area contributed by atoms with Crippen LogP contribution in [-0.2, 0) is 4.74 Å². The molecule has 0 aromatic heterocycles. The molecule has 0 aliphatic heterocycles. The minimum atomic E-state index is 0.334. The van der Waals surface area contributed by atoms with Crippen LogP contribution in [0.15, 0.2) is 0 Å². The summed E-state index contributed by atoms with van der Waals surface area (Å²) in [6, 6.07) is 1.24. The van der Waals surface area contributed by atoms with Gasteiger partial charge in [0.1, 0.15) is 0 Å². The van der Waals surface area contributed by atoms with E-state index in [0.29, 0.717) is 23.6 Å². The smallest absolute Gasteiger partial charge is 0.0596 e. The average molecular weight is 284 g/mol. The second-order valence-corrected chi connectivity index (χ2v) is 7.28. The van der Waals surface area contributed by atoms with E-state index in [1.54, 1.807) is 0 Å². The molecule has 3 nitrogen and oxygen atoms in total. The molecule has 1 saturated carbocycles. The normalized spacial score (nSPS) is 26.4. The Hall–Kier alpha value is -0.120. The minimum Gasteiger partial charge on any atom is -0.377 e. The fraction of sp³-hybridized carbons (Fsp3) is 1.00. The summed E-state index contributed by atoms with van der Waals surface area (Å²) in [7, 11) is 2.26. The van der Waals surface area contributed by atoms with Gasteiger partial charge in [-0.1, -0.05) is 27.2 Å². The van der Waals surface area contributed by atoms with Crippen LogP contribution in [0.3, 0.4) is 0 Å². The van der Waals surface area contributed by atoms with Crippen LogP contribution in [0.2, 0.25) is 0 Å². The molecule has 0 aromatic rings. The van der Waals surface area contributed by atoms with Gasteiger partial charge in [0.25, 0.3) is 0 Å². The molecule has 0 saturated heterocycles. The monoisotopic (exact) mass is 284 g/mol. The minimum absolute atomic E-state index is 0.334. The van der Waals surface area contributed by atoms with Gasteiger partial charge < -0.3 is 10.1 Å². The number of nitrogens with one attached hydrogen (secondary N) is 1. The van der Waals surface area contributed by atoms with Crippen LogP contribution in [0.1, 0.15) is 60.3 Å². The van der Waals surface area contributed by atoms with Crippen molar-refractivity contribution in [3.05, 3.63) is 0 Å². The Labute approximate surface area is 126 Å². The first kappa shape index (κ1) is 17.9. The van der Waals surface area contributed by atoms with Crippen molar-refractivity contribution in [1.29, 1.82) is 0 Å². The van der Waals surface area contributed by atoms with E-state index >= 15 is 0 Å². The first-order chi connectivity index (χ1) is 9.38. The molecule has 2 unspecified atom stereocenters. The van der Waals surface area contributed by atoms with Crippen LogP contribution in [0.5, 0.6) is 0 Å². The first-order valence-corrected chi connectivity index (χ1v) is 8.43. The maximum absolute atomic E-state index is 5.71. The largest absolute Gasteiger partial charge is 0.377 e. The van der Waals surface area contributed by atoms with Gasteiger partial charge in [0.15, 0.2) is 0 Å². The number of rotatable bonds is 8. The van der Waals surface area contributed by atoms with Crippen LogP contribution in [0, 0.1) is 5.41 Å². The molecule has 0 radical (unpaired) electrons. The highest BCUT2D eigenvalue weighted by atomic mass is 16.5. The van der Waals surface area contributed by atoms with Crippen molar-refractivity contribution in [3.8, 4) is 0 Å². The molecular weight excluding hydrogens is 248 g/mol. The zero-order valence-corrected chi connectivity index (χ0v) is 14.5. The van der Waals surface area contributed by atoms with Gasteiger partial charge in [-0.2, -0.15) is 0 Å². The predicted octanol–water partition coefficient (Wildman–Crippen LogP) is 3.29. The van der Waals surface area contributed by atoms with Crippen molar-refractivity contribution in [3.63, 3.8) is 0 Å². The zero-order valence-electron chi connectivity index (χ0n) is 14.5. The predicted molar refractivity (Wildman–Crippen MR) is 87.2 cm³/mol. The third-order valence-corrected chi connectivity index (χ3v) is 4.62. The van der Waals surface area contributed by atoms with Gasteiger partial charge in [0.05, 0.1) is 12.7 Å². The van der Waals surface area contributed by atoms with Gasteiger partial charge >= 0.3 is 0 Å². The average Bonchev–Trinajstić information content (AvgIpc) is 2.35. The van der Waals surface area contributed by atoms with Crippen LogP contribution in [-0.4, -0.2) is 49.8 Å². The molecule has 2 atom stereocenters. The van der Waals surface area contributed by atoms with Crippen LogP contribution in [0.25, 0.3) is 0 Å². The molecule has 1 fully saturated rings. The summed E-state index contributed by atoms with van der Waals surface area (Å²) >= 11 is 0. The number of hydrogen-bond acceptors (Lipinski definition) is 3. The maximum atomic E-state index is 5.71. The zero-order chi connectivity index (χ0) is 15.2. The summed E-state index contributed by atoms with van der Waals surface area (Å²) in [5.74, 6) is 0. The Morgan fingerprint density at radius 3 is 2.65 bits per heavy atom. The van der Waals surface area contributed by atoms with Crippen LogP contribution >= 0.6 is 0 Å². The van der Waals surface area contributed by atoms with E-state index < -0.39 is 0 Å². The Kier molecular flexibility index (Phi) is 7.49. The van der Waals surface area contributed by atoms with E-state index in [1.165, 1.54) is 25.7 Å². The highest BCUT2D eigenvalue weighted by Crippen LogP contribution is 2.37. The molecule has 1 N–H and O–H groups in total. The van der Waals surface area contributed by atoms with Crippen molar-refractivity contribution >= 4 is 0 Å². The second-order valence-electron chi connectivity index (χ2n) is 7.28. The molecule has 1 rings (SSSR count). The highest BCUT2D eigenvalue weighted by molar-refractivity contribution is 4.97. The van der Waals surface area contributed by atoms with E-state index in [9.17, 15) is 0 Å². The number of likely N-dealkylation sites (N-methyl/N-ethyl adjacent to an activating group) is 1. The summed E-state index contributed by atoms with van der Waals surface area (Å²) in [6.45, 7) is 14.3. The molecule has 3 heteroatoms. The first-order valence-electron chi connectivity index (χ1n) is 8.43. The van der Waals surface area contributed by atoms with Crippen molar-refractivity contribution in [2.45, 2.75) is 78.5 Å². The molecule has 1 aliphatic carbocycles. The molecule has 0 heterocycles. The maximum Gasteiger partial charge on any atom is 0.0596 e. The molecule has 1 aliphatic rings. The van der Waals surface area contributed by atoms with E-state index in [1.807, 2.05) is 0 Å². The van der Waals surface area contributed by atoms with Gasteiger partial charge in [-0.15, -0.1) is 0 Å². The Bertz CT molecular complexity index is 266. The Balaban J connectivity index is 2.58. The topological polar surface area (TPSA) is 24.5 Å². The van der Waals surface area contributed by atoms with Gasteiger partial charge in [-0.25, -0.2) is 0 Å². The van der Waals surface area contributed by atoms with Crippen molar-refractivity contribution < 1.29 is 4.74 Å². The standard InChI is InChI=1S/C17H36N2O/c1-7-11-18-16-15(9-8-10-17(16,4)5)19(6)12-13-20-14(2)3/h14-16,18H,7-13H2,1-6H3. The summed E-state index contributed by atoms with van der Waals surface area (Å²) in [5, 5.41) is 3.81. The second kappa shape index (κ2) is 8.35. The quantitative estimate of drug-likeness (QED) is 0.740. The van der Waals surface area contributed by atoms with E-state index in [4.69, 9.17) is 4.74 Å². The van der Waals surface area contributed by atoms with E-state index in [0.717, 1.165) is 19.7 Å². The summed E-state index contributed by atoms with van der Waals surface area (Å²) < 4.78 is 5.71. The molecule has 0 amide bonds. The summed E-state index contributed by atoms with van der Waals surface area (Å²) in [6.07, 6.45) is 5.53. The lowest BCUT2D eigenvalue weighted by Crippen LogP contribution is -2.58. The lowest BCUT2D eigenvalue weighted by molar-refractivity contribution is 0.0238. The molecule has 0 bridgehead atoms. The van der Waals surface area contributed by atoms with E-state index in [-0.39, 0.29) is 0 Å². The lowest BCUT2D eigenvalue weighted by Gasteiger charge is -2.48. The highest BCUT2D eigenvalue weighted by Gasteiger charge is 2.39. The lowest BCUT2D eigenvalue weighted by atomic mass is 9.70.